The van der Waals surface area contributed by atoms with Gasteiger partial charge in [-0.3, -0.25) is 9.59 Å². The second kappa shape index (κ2) is 30.2. The summed E-state index contributed by atoms with van der Waals surface area (Å²) in [6, 6.07) is -0.613. The predicted molar refractivity (Wildman–Crippen MR) is 188 cm³/mol. The molecule has 0 fully saturated rings. The monoisotopic (exact) mass is 653 g/mol. The molecule has 0 spiro atoms. The van der Waals surface area contributed by atoms with E-state index in [9.17, 15) is 19.5 Å². The maximum absolute atomic E-state index is 12.6. The second-order valence-corrected chi connectivity index (χ2v) is 13.5. The minimum atomic E-state index is -0.879. The number of hydrogen-bond donors (Lipinski definition) is 1. The van der Waals surface area contributed by atoms with Crippen LogP contribution in [0.25, 0.3) is 0 Å². The van der Waals surface area contributed by atoms with Gasteiger partial charge >= 0.3 is 17.9 Å². The van der Waals surface area contributed by atoms with Crippen molar-refractivity contribution in [3.63, 3.8) is 0 Å². The van der Waals surface area contributed by atoms with E-state index in [4.69, 9.17) is 14.2 Å². The van der Waals surface area contributed by atoms with Gasteiger partial charge in [-0.1, -0.05) is 102 Å². The molecular weight excluding hydrogens is 582 g/mol. The third-order valence-electron chi connectivity index (χ3n) is 8.07. The molecule has 0 aliphatic carbocycles. The summed E-state index contributed by atoms with van der Waals surface area (Å²) >= 11 is 0. The van der Waals surface area contributed by atoms with E-state index in [1.54, 1.807) is 0 Å². The van der Waals surface area contributed by atoms with Gasteiger partial charge in [-0.25, -0.2) is 4.79 Å². The molecule has 0 saturated carbocycles. The van der Waals surface area contributed by atoms with E-state index in [1.165, 1.54) is 51.4 Å². The van der Waals surface area contributed by atoms with Crippen LogP contribution in [0.2, 0.25) is 0 Å². The third-order valence-corrected chi connectivity index (χ3v) is 8.07. The molecule has 268 valence electrons. The minimum Gasteiger partial charge on any atom is -0.477 e. The lowest BCUT2D eigenvalue weighted by atomic mass is 10.1. The topological polar surface area (TPSA) is 99.1 Å². The molecule has 0 bridgehead atoms. The van der Waals surface area contributed by atoms with Crippen LogP contribution in [0.4, 0.5) is 0 Å². The van der Waals surface area contributed by atoms with E-state index in [1.807, 2.05) is 21.1 Å². The Balaban J connectivity index is 4.47. The van der Waals surface area contributed by atoms with E-state index in [-0.39, 0.29) is 36.2 Å². The van der Waals surface area contributed by atoms with Gasteiger partial charge in [-0.2, -0.15) is 0 Å². The fraction of sp³-hybridized carbons (Fsp3) is 0.816. The van der Waals surface area contributed by atoms with Gasteiger partial charge in [0.05, 0.1) is 34.4 Å². The molecule has 0 aliphatic rings. The minimum absolute atomic E-state index is 0.0567. The Morgan fingerprint density at radius 3 is 1.57 bits per heavy atom. The van der Waals surface area contributed by atoms with Crippen LogP contribution >= 0.6 is 0 Å². The summed E-state index contributed by atoms with van der Waals surface area (Å²) < 4.78 is 17.1. The van der Waals surface area contributed by atoms with Crippen molar-refractivity contribution in [2.24, 2.45) is 0 Å². The Morgan fingerprint density at radius 2 is 1.09 bits per heavy atom. The average molecular weight is 653 g/mol. The number of aliphatic carboxylic acids is 1. The van der Waals surface area contributed by atoms with E-state index >= 15 is 0 Å². The number of unbranched alkanes of at least 4 members (excludes halogenated alkanes) is 14. The van der Waals surface area contributed by atoms with Crippen LogP contribution in [-0.2, 0) is 28.6 Å². The van der Waals surface area contributed by atoms with Crippen molar-refractivity contribution in [3.8, 4) is 0 Å². The summed E-state index contributed by atoms with van der Waals surface area (Å²) in [5.74, 6) is -1.50. The van der Waals surface area contributed by atoms with Gasteiger partial charge in [0, 0.05) is 19.3 Å². The molecule has 46 heavy (non-hydrogen) atoms. The number of hydrogen-bond acceptors (Lipinski definition) is 6. The smallest absolute Gasteiger partial charge is 0.362 e. The molecule has 1 N–H and O–H groups in total. The zero-order valence-electron chi connectivity index (χ0n) is 30.3. The molecular formula is C38H70NO7+. The molecule has 0 aromatic heterocycles. The van der Waals surface area contributed by atoms with Crippen molar-refractivity contribution in [1.29, 1.82) is 0 Å². The highest BCUT2D eigenvalue weighted by Crippen LogP contribution is 2.13. The molecule has 0 aliphatic heterocycles. The standard InChI is InChI=1S/C38H69NO7/c1-6-8-10-12-14-16-18-20-22-24-26-28-36(40)45-33-34(32-44-31-30-35(38(42)43)39(3,4)5)46-37(41)29-27-25-23-21-19-17-15-13-11-9-7-2/h12-15,34-35H,6-11,16-33H2,1-5H3/p+1/b14-12+,15-13+. The van der Waals surface area contributed by atoms with Crippen molar-refractivity contribution in [1.82, 2.24) is 0 Å². The Labute approximate surface area is 281 Å². The first-order valence-electron chi connectivity index (χ1n) is 18.4. The quantitative estimate of drug-likeness (QED) is 0.0335. The Hall–Kier alpha value is -2.19. The lowest BCUT2D eigenvalue weighted by molar-refractivity contribution is -0.887. The maximum atomic E-state index is 12.6. The summed E-state index contributed by atoms with van der Waals surface area (Å²) in [7, 11) is 5.50. The first-order chi connectivity index (χ1) is 22.1. The Kier molecular flexibility index (Phi) is 28.7. The predicted octanol–water partition coefficient (Wildman–Crippen LogP) is 8.96. The summed E-state index contributed by atoms with van der Waals surface area (Å²) in [5.41, 5.74) is 0. The first kappa shape index (κ1) is 43.8. The molecule has 0 saturated heterocycles. The molecule has 0 radical (unpaired) electrons. The van der Waals surface area contributed by atoms with Crippen LogP contribution < -0.4 is 0 Å². The van der Waals surface area contributed by atoms with Gasteiger partial charge in [0.15, 0.2) is 12.1 Å². The summed E-state index contributed by atoms with van der Waals surface area (Å²) in [6.07, 6.45) is 29.3. The van der Waals surface area contributed by atoms with Gasteiger partial charge in [0.1, 0.15) is 6.61 Å². The Morgan fingerprint density at radius 1 is 0.630 bits per heavy atom. The van der Waals surface area contributed by atoms with Crippen molar-refractivity contribution in [2.75, 3.05) is 41.0 Å². The number of esters is 2. The molecule has 0 heterocycles. The summed E-state index contributed by atoms with van der Waals surface area (Å²) in [4.78, 5) is 36.7. The van der Waals surface area contributed by atoms with E-state index < -0.39 is 18.1 Å². The normalized spacial score (nSPS) is 13.3. The number of rotatable bonds is 32. The second-order valence-electron chi connectivity index (χ2n) is 13.5. The molecule has 0 aromatic carbocycles. The number of carboxylic acids is 1. The van der Waals surface area contributed by atoms with Gasteiger partial charge in [-0.15, -0.1) is 0 Å². The SMILES string of the molecule is CCCC/C=C/CCCCCCCC(=O)OCC(COCCC(C(=O)O)[N+](C)(C)C)OC(=O)CCCCCCC/C=C/CCCC. The number of nitrogens with zero attached hydrogens (tertiary/aromatic N) is 1. The average Bonchev–Trinajstić information content (AvgIpc) is 3.00. The van der Waals surface area contributed by atoms with Crippen LogP contribution in [0.3, 0.4) is 0 Å². The van der Waals surface area contributed by atoms with Crippen molar-refractivity contribution < 1.29 is 38.2 Å². The molecule has 8 nitrogen and oxygen atoms in total. The van der Waals surface area contributed by atoms with Crippen LogP contribution in [0.5, 0.6) is 0 Å². The van der Waals surface area contributed by atoms with E-state index in [0.717, 1.165) is 64.2 Å². The molecule has 2 atom stereocenters. The lowest BCUT2D eigenvalue weighted by Crippen LogP contribution is -2.50. The molecule has 8 heteroatoms. The fourth-order valence-electron chi connectivity index (χ4n) is 5.11. The van der Waals surface area contributed by atoms with E-state index in [2.05, 4.69) is 38.2 Å². The highest BCUT2D eigenvalue weighted by atomic mass is 16.6. The Bertz CT molecular complexity index is 818. The summed E-state index contributed by atoms with van der Waals surface area (Å²) in [6.45, 7) is 4.62. The van der Waals surface area contributed by atoms with Gasteiger partial charge in [0.25, 0.3) is 0 Å². The highest BCUT2D eigenvalue weighted by molar-refractivity contribution is 5.72. The molecule has 0 rings (SSSR count). The zero-order chi connectivity index (χ0) is 34.3. The van der Waals surface area contributed by atoms with Crippen LogP contribution in [0.1, 0.15) is 149 Å². The number of allylic oxidation sites excluding steroid dienone is 4. The molecule has 0 aromatic rings. The number of carboxylic acid groups (broad SMARTS) is 1. The fourth-order valence-corrected chi connectivity index (χ4v) is 5.11. The number of carbonyl (C=O) groups is 3. The van der Waals surface area contributed by atoms with Crippen LogP contribution in [-0.4, -0.2) is 80.6 Å². The summed E-state index contributed by atoms with van der Waals surface area (Å²) in [5, 5.41) is 9.56. The number of quaternary nitrogens is 1. The van der Waals surface area contributed by atoms with Crippen molar-refractivity contribution in [3.05, 3.63) is 24.3 Å². The largest absolute Gasteiger partial charge is 0.477 e. The molecule has 2 unspecified atom stereocenters. The molecule has 0 amide bonds. The van der Waals surface area contributed by atoms with Crippen molar-refractivity contribution in [2.45, 2.75) is 161 Å². The lowest BCUT2D eigenvalue weighted by Gasteiger charge is -2.31. The maximum Gasteiger partial charge on any atom is 0.362 e. The van der Waals surface area contributed by atoms with Crippen LogP contribution in [0.15, 0.2) is 24.3 Å². The number of carbonyl (C=O) groups excluding carboxylic acids is 2. The van der Waals surface area contributed by atoms with Gasteiger partial charge < -0.3 is 23.8 Å². The van der Waals surface area contributed by atoms with E-state index in [0.29, 0.717) is 19.3 Å². The van der Waals surface area contributed by atoms with Crippen molar-refractivity contribution >= 4 is 17.9 Å². The van der Waals surface area contributed by atoms with Crippen LogP contribution in [0, 0.1) is 0 Å². The van der Waals surface area contributed by atoms with Gasteiger partial charge in [0.2, 0.25) is 0 Å². The number of ether oxygens (including phenoxy) is 3. The third kappa shape index (κ3) is 28.1. The number of likely N-dealkylation sites (N-methyl/N-ethyl adjacent to an activating group) is 1. The highest BCUT2D eigenvalue weighted by Gasteiger charge is 2.31. The van der Waals surface area contributed by atoms with Gasteiger partial charge in [-0.05, 0) is 51.4 Å². The first-order valence-corrected chi connectivity index (χ1v) is 18.4. The zero-order valence-corrected chi connectivity index (χ0v) is 30.3.